The Balaban J connectivity index is 1.42. The molecule has 1 N–H and O–H groups in total. The van der Waals surface area contributed by atoms with Gasteiger partial charge in [-0.3, -0.25) is 4.79 Å². The van der Waals surface area contributed by atoms with Crippen LogP contribution in [-0.4, -0.2) is 38.7 Å². The smallest absolute Gasteiger partial charge is 0.342 e. The maximum absolute atomic E-state index is 12.6. The molecule has 0 atom stereocenters. The minimum absolute atomic E-state index is 0.187. The number of rotatable bonds is 4. The zero-order valence-electron chi connectivity index (χ0n) is 16.0. The molecule has 27 heavy (non-hydrogen) atoms. The normalized spacial score (nSPS) is 18.9. The molecule has 2 aromatic rings. The van der Waals surface area contributed by atoms with Gasteiger partial charge in [0, 0.05) is 25.4 Å². The van der Waals surface area contributed by atoms with Gasteiger partial charge in [0.25, 0.3) is 0 Å². The number of nitrogens with zero attached hydrogens (tertiary/aromatic N) is 3. The molecule has 2 aliphatic rings. The van der Waals surface area contributed by atoms with Crippen LogP contribution >= 0.6 is 0 Å². The Bertz CT molecular complexity index is 855. The van der Waals surface area contributed by atoms with Crippen molar-refractivity contribution in [3.05, 3.63) is 46.1 Å². The summed E-state index contributed by atoms with van der Waals surface area (Å²) in [4.78, 5) is 27.0. The van der Waals surface area contributed by atoms with Crippen molar-refractivity contribution in [2.45, 2.75) is 51.9 Å². The summed E-state index contributed by atoms with van der Waals surface area (Å²) < 4.78 is 1.70. The van der Waals surface area contributed by atoms with Gasteiger partial charge in [0.2, 0.25) is 5.91 Å². The number of H-pyrrole nitrogens is 1. The number of amides is 1. The van der Waals surface area contributed by atoms with E-state index >= 15 is 0 Å². The topological polar surface area (TPSA) is 71.0 Å². The lowest BCUT2D eigenvalue weighted by Crippen LogP contribution is -2.41. The maximum Gasteiger partial charge on any atom is 0.347 e. The number of carbonyl (C=O) groups excluding carboxylic acids is 1. The van der Waals surface area contributed by atoms with E-state index in [1.54, 1.807) is 4.57 Å². The molecule has 1 saturated heterocycles. The zero-order valence-corrected chi connectivity index (χ0v) is 16.0. The summed E-state index contributed by atoms with van der Waals surface area (Å²) in [6, 6.07) is 7.88. The first kappa shape index (κ1) is 18.0. The van der Waals surface area contributed by atoms with Gasteiger partial charge in [-0.15, -0.1) is 0 Å². The Morgan fingerprint density at radius 1 is 1.15 bits per heavy atom. The van der Waals surface area contributed by atoms with E-state index in [-0.39, 0.29) is 11.6 Å². The van der Waals surface area contributed by atoms with Crippen LogP contribution in [0, 0.1) is 18.8 Å². The fourth-order valence-corrected chi connectivity index (χ4v) is 4.58. The lowest BCUT2D eigenvalue weighted by Gasteiger charge is -2.33. The largest absolute Gasteiger partial charge is 0.347 e. The summed E-state index contributed by atoms with van der Waals surface area (Å²) in [7, 11) is 0. The third kappa shape index (κ3) is 3.70. The number of hydrogen-bond acceptors (Lipinski definition) is 3. The summed E-state index contributed by atoms with van der Waals surface area (Å²) in [6.45, 7) is 3.67. The first-order valence-corrected chi connectivity index (χ1v) is 10.1. The molecule has 1 aromatic heterocycles. The zero-order chi connectivity index (χ0) is 18.8. The van der Waals surface area contributed by atoms with Gasteiger partial charge in [-0.25, -0.2) is 14.5 Å². The van der Waals surface area contributed by atoms with Crippen LogP contribution < -0.4 is 5.69 Å². The number of aryl methyl sites for hydroxylation is 1. The van der Waals surface area contributed by atoms with Crippen molar-refractivity contribution in [2.24, 2.45) is 11.8 Å². The summed E-state index contributed by atoms with van der Waals surface area (Å²) >= 11 is 0. The molecule has 2 heterocycles. The van der Waals surface area contributed by atoms with Crippen molar-refractivity contribution in [1.29, 1.82) is 0 Å². The standard InChI is InChI=1S/C21H28N4O2/c1-15-6-2-5-9-18(15)25-19(22-23-21(25)27)14-16-10-12-24(13-11-16)20(26)17-7-3-4-8-17/h2,5-6,9,16-17H,3-4,7-8,10-14H2,1H3,(H,23,27). The van der Waals surface area contributed by atoms with E-state index in [1.807, 2.05) is 31.2 Å². The number of para-hydroxylation sites is 1. The van der Waals surface area contributed by atoms with Gasteiger partial charge in [-0.05, 0) is 50.2 Å². The summed E-state index contributed by atoms with van der Waals surface area (Å²) in [6.07, 6.45) is 7.24. The predicted octanol–water partition coefficient (Wildman–Crippen LogP) is 2.84. The number of benzene rings is 1. The van der Waals surface area contributed by atoms with E-state index in [4.69, 9.17) is 0 Å². The van der Waals surface area contributed by atoms with Crippen molar-refractivity contribution >= 4 is 5.91 Å². The SMILES string of the molecule is Cc1ccccc1-n1c(CC2CCN(C(=O)C3CCCC3)CC2)n[nH]c1=O. The number of aromatic nitrogens is 3. The van der Waals surface area contributed by atoms with Crippen molar-refractivity contribution in [1.82, 2.24) is 19.7 Å². The predicted molar refractivity (Wildman–Crippen MR) is 104 cm³/mol. The minimum Gasteiger partial charge on any atom is -0.342 e. The van der Waals surface area contributed by atoms with E-state index in [0.29, 0.717) is 11.8 Å². The third-order valence-corrected chi connectivity index (χ3v) is 6.20. The Labute approximate surface area is 159 Å². The number of aromatic amines is 1. The lowest BCUT2D eigenvalue weighted by atomic mass is 9.92. The van der Waals surface area contributed by atoms with Crippen LogP contribution in [0.2, 0.25) is 0 Å². The van der Waals surface area contributed by atoms with E-state index in [9.17, 15) is 9.59 Å². The molecule has 1 amide bonds. The second-order valence-corrected chi connectivity index (χ2v) is 8.02. The molecule has 6 heteroatoms. The number of likely N-dealkylation sites (tertiary alicyclic amines) is 1. The molecule has 1 aliphatic heterocycles. The molecule has 144 valence electrons. The van der Waals surface area contributed by atoms with E-state index in [1.165, 1.54) is 12.8 Å². The Kier molecular flexibility index (Phi) is 5.14. The molecule has 4 rings (SSSR count). The van der Waals surface area contributed by atoms with Crippen molar-refractivity contribution in [3.8, 4) is 5.69 Å². The number of piperidine rings is 1. The van der Waals surface area contributed by atoms with Gasteiger partial charge in [-0.1, -0.05) is 31.0 Å². The highest BCUT2D eigenvalue weighted by Crippen LogP contribution is 2.29. The van der Waals surface area contributed by atoms with Crippen LogP contribution in [0.5, 0.6) is 0 Å². The first-order chi connectivity index (χ1) is 13.1. The molecule has 0 spiro atoms. The number of nitrogens with one attached hydrogen (secondary N) is 1. The Morgan fingerprint density at radius 3 is 2.56 bits per heavy atom. The van der Waals surface area contributed by atoms with E-state index in [0.717, 1.165) is 62.3 Å². The van der Waals surface area contributed by atoms with Gasteiger partial charge in [0.05, 0.1) is 5.69 Å². The van der Waals surface area contributed by atoms with Gasteiger partial charge >= 0.3 is 5.69 Å². The second-order valence-electron chi connectivity index (χ2n) is 8.02. The maximum atomic E-state index is 12.6. The number of carbonyl (C=O) groups is 1. The highest BCUT2D eigenvalue weighted by Gasteiger charge is 2.30. The Hall–Kier alpha value is -2.37. The lowest BCUT2D eigenvalue weighted by molar-refractivity contribution is -0.136. The highest BCUT2D eigenvalue weighted by molar-refractivity contribution is 5.79. The highest BCUT2D eigenvalue weighted by atomic mass is 16.2. The molecule has 1 aromatic carbocycles. The van der Waals surface area contributed by atoms with Crippen LogP contribution in [0.4, 0.5) is 0 Å². The average Bonchev–Trinajstić information content (AvgIpc) is 3.33. The van der Waals surface area contributed by atoms with Crippen molar-refractivity contribution < 1.29 is 4.79 Å². The van der Waals surface area contributed by atoms with Gasteiger partial charge in [0.1, 0.15) is 5.82 Å². The Morgan fingerprint density at radius 2 is 1.85 bits per heavy atom. The molecule has 1 saturated carbocycles. The molecular formula is C21H28N4O2. The fraction of sp³-hybridized carbons (Fsp3) is 0.571. The van der Waals surface area contributed by atoms with Crippen LogP contribution in [0.3, 0.4) is 0 Å². The van der Waals surface area contributed by atoms with Crippen LogP contribution in [-0.2, 0) is 11.2 Å². The first-order valence-electron chi connectivity index (χ1n) is 10.1. The van der Waals surface area contributed by atoms with Crippen LogP contribution in [0.1, 0.15) is 49.9 Å². The third-order valence-electron chi connectivity index (χ3n) is 6.20. The summed E-state index contributed by atoms with van der Waals surface area (Å²) in [5.41, 5.74) is 1.76. The summed E-state index contributed by atoms with van der Waals surface area (Å²) in [5.74, 6) is 1.87. The van der Waals surface area contributed by atoms with Crippen molar-refractivity contribution in [2.75, 3.05) is 13.1 Å². The molecule has 0 bridgehead atoms. The average molecular weight is 368 g/mol. The van der Waals surface area contributed by atoms with Gasteiger partial charge in [0.15, 0.2) is 0 Å². The summed E-state index contributed by atoms with van der Waals surface area (Å²) in [5, 5.41) is 6.90. The number of hydrogen-bond donors (Lipinski definition) is 1. The molecule has 1 aliphatic carbocycles. The van der Waals surface area contributed by atoms with E-state index in [2.05, 4.69) is 15.1 Å². The monoisotopic (exact) mass is 368 g/mol. The molecule has 2 fully saturated rings. The molecule has 0 radical (unpaired) electrons. The van der Waals surface area contributed by atoms with Gasteiger partial charge in [-0.2, -0.15) is 5.10 Å². The van der Waals surface area contributed by atoms with Crippen LogP contribution in [0.25, 0.3) is 5.69 Å². The van der Waals surface area contributed by atoms with Crippen LogP contribution in [0.15, 0.2) is 29.1 Å². The van der Waals surface area contributed by atoms with E-state index < -0.39 is 0 Å². The van der Waals surface area contributed by atoms with Crippen molar-refractivity contribution in [3.63, 3.8) is 0 Å². The molecule has 6 nitrogen and oxygen atoms in total. The molecule has 0 unspecified atom stereocenters. The second kappa shape index (κ2) is 7.71. The molecular weight excluding hydrogens is 340 g/mol. The van der Waals surface area contributed by atoms with Gasteiger partial charge < -0.3 is 4.90 Å². The quantitative estimate of drug-likeness (QED) is 0.902. The fourth-order valence-electron chi connectivity index (χ4n) is 4.58. The minimum atomic E-state index is -0.187.